The number of fused-ring (bicyclic) bond motifs is 2. The first kappa shape index (κ1) is 24.7. The van der Waals surface area contributed by atoms with Crippen molar-refractivity contribution in [3.63, 3.8) is 0 Å². The minimum atomic E-state index is -0.762. The zero-order valence-corrected chi connectivity index (χ0v) is 21.7. The summed E-state index contributed by atoms with van der Waals surface area (Å²) in [5, 5.41) is 1.63. The molecule has 4 aliphatic rings. The van der Waals surface area contributed by atoms with Crippen LogP contribution in [0.15, 0.2) is 42.7 Å². The minimum Gasteiger partial charge on any atom is -0.449 e. The maximum atomic E-state index is 13.7. The molecular weight excluding hydrogens is 488 g/mol. The lowest BCUT2D eigenvalue weighted by Crippen LogP contribution is -2.47. The maximum Gasteiger partial charge on any atom is 0.528 e. The molecule has 10 heteroatoms. The molecule has 3 fully saturated rings. The molecule has 2 aromatic rings. The van der Waals surface area contributed by atoms with E-state index >= 15 is 0 Å². The molecule has 10 nitrogen and oxygen atoms in total. The van der Waals surface area contributed by atoms with Gasteiger partial charge in [-0.2, -0.15) is 0 Å². The number of hydroxylamine groups is 2. The smallest absolute Gasteiger partial charge is 0.449 e. The molecule has 1 saturated carbocycles. The monoisotopic (exact) mass is 520 g/mol. The van der Waals surface area contributed by atoms with Crippen molar-refractivity contribution in [3.8, 4) is 0 Å². The number of anilines is 1. The summed E-state index contributed by atoms with van der Waals surface area (Å²) in [5.41, 5.74) is 2.17. The molecule has 1 aromatic carbocycles. The third kappa shape index (κ3) is 4.26. The fourth-order valence-electron chi connectivity index (χ4n) is 5.90. The topological polar surface area (TPSA) is 102 Å². The highest BCUT2D eigenvalue weighted by molar-refractivity contribution is 5.95. The highest BCUT2D eigenvalue weighted by Crippen LogP contribution is 2.52. The van der Waals surface area contributed by atoms with Crippen LogP contribution < -0.4 is 4.90 Å². The Hall–Kier alpha value is -3.66. The number of aromatic nitrogens is 1. The van der Waals surface area contributed by atoms with Crippen LogP contribution in [0.25, 0.3) is 0 Å². The van der Waals surface area contributed by atoms with Crippen molar-refractivity contribution >= 4 is 23.7 Å². The number of rotatable bonds is 5. The van der Waals surface area contributed by atoms with Gasteiger partial charge in [0.2, 0.25) is 5.91 Å². The van der Waals surface area contributed by atoms with Crippen molar-refractivity contribution in [1.29, 1.82) is 0 Å². The quantitative estimate of drug-likeness (QED) is 0.551. The summed E-state index contributed by atoms with van der Waals surface area (Å²) in [4.78, 5) is 51.3. The Morgan fingerprint density at radius 3 is 2.42 bits per heavy atom. The second-order valence-electron chi connectivity index (χ2n) is 10.8. The molecule has 0 bridgehead atoms. The van der Waals surface area contributed by atoms with E-state index < -0.39 is 17.2 Å². The number of ether oxygens (including phenoxy) is 2. The molecule has 1 atom stereocenters. The van der Waals surface area contributed by atoms with Gasteiger partial charge in [-0.3, -0.25) is 9.78 Å². The molecule has 3 aliphatic heterocycles. The van der Waals surface area contributed by atoms with Gasteiger partial charge >= 0.3 is 12.1 Å². The number of piperazine rings is 1. The minimum absolute atomic E-state index is 0.111. The van der Waals surface area contributed by atoms with Crippen LogP contribution in [0.4, 0.5) is 10.5 Å². The average Bonchev–Trinajstić information content (AvgIpc) is 3.54. The Morgan fingerprint density at radius 2 is 1.74 bits per heavy atom. The normalized spacial score (nSPS) is 23.9. The van der Waals surface area contributed by atoms with E-state index in [0.29, 0.717) is 51.3 Å². The van der Waals surface area contributed by atoms with Crippen LogP contribution in [-0.2, 0) is 30.1 Å². The molecular formula is C28H32N4O6. The summed E-state index contributed by atoms with van der Waals surface area (Å²) in [6.07, 6.45) is 4.56. The molecule has 1 amide bonds. The molecule has 1 unspecified atom stereocenters. The fraction of sp³-hybridized carbons (Fsp3) is 0.500. The number of nitrogens with zero attached hydrogens (tertiary/aromatic N) is 4. The Kier molecular flexibility index (Phi) is 6.02. The Labute approximate surface area is 221 Å². The second kappa shape index (κ2) is 9.27. The highest BCUT2D eigenvalue weighted by atomic mass is 16.8. The Bertz CT molecular complexity index is 1250. The lowest BCUT2D eigenvalue weighted by atomic mass is 9.92. The zero-order valence-electron chi connectivity index (χ0n) is 21.7. The van der Waals surface area contributed by atoms with Crippen LogP contribution in [0.5, 0.6) is 0 Å². The lowest BCUT2D eigenvalue weighted by Gasteiger charge is -2.34. The molecule has 0 N–H and O–H groups in total. The van der Waals surface area contributed by atoms with Crippen LogP contribution in [-0.4, -0.2) is 78.4 Å². The number of esters is 1. The predicted octanol–water partition coefficient (Wildman–Crippen LogP) is 3.01. The summed E-state index contributed by atoms with van der Waals surface area (Å²) in [7, 11) is 0. The summed E-state index contributed by atoms with van der Waals surface area (Å²) < 4.78 is 10.9. The van der Waals surface area contributed by atoms with Gasteiger partial charge in [0.1, 0.15) is 0 Å². The third-order valence-corrected chi connectivity index (χ3v) is 8.06. The van der Waals surface area contributed by atoms with Crippen molar-refractivity contribution < 1.29 is 28.7 Å². The number of likely N-dealkylation sites (tertiary alicyclic amines) is 1. The summed E-state index contributed by atoms with van der Waals surface area (Å²) in [5.74, 6) is -0.248. The number of hydrogen-bond acceptors (Lipinski definition) is 9. The third-order valence-electron chi connectivity index (χ3n) is 8.06. The first-order valence-electron chi connectivity index (χ1n) is 13.3. The molecule has 0 radical (unpaired) electrons. The first-order valence-corrected chi connectivity index (χ1v) is 13.3. The van der Waals surface area contributed by atoms with E-state index in [9.17, 15) is 14.4 Å². The van der Waals surface area contributed by atoms with E-state index in [1.54, 1.807) is 31.3 Å². The Balaban J connectivity index is 1.08. The van der Waals surface area contributed by atoms with Gasteiger partial charge < -0.3 is 24.1 Å². The number of amides is 1. The molecule has 4 heterocycles. The largest absolute Gasteiger partial charge is 0.528 e. The van der Waals surface area contributed by atoms with Gasteiger partial charge in [0.15, 0.2) is 5.60 Å². The maximum absolute atomic E-state index is 13.7. The van der Waals surface area contributed by atoms with Crippen LogP contribution in [0, 0.1) is 0 Å². The van der Waals surface area contributed by atoms with Gasteiger partial charge in [0.25, 0.3) is 0 Å². The van der Waals surface area contributed by atoms with Gasteiger partial charge in [-0.15, -0.1) is 5.06 Å². The lowest BCUT2D eigenvalue weighted by molar-refractivity contribution is -0.135. The van der Waals surface area contributed by atoms with Gasteiger partial charge in [0, 0.05) is 49.7 Å². The number of pyridine rings is 1. The van der Waals surface area contributed by atoms with Gasteiger partial charge in [-0.05, 0) is 50.5 Å². The summed E-state index contributed by atoms with van der Waals surface area (Å²) in [6.45, 7) is 7.10. The van der Waals surface area contributed by atoms with Crippen LogP contribution in [0.3, 0.4) is 0 Å². The Morgan fingerprint density at radius 1 is 1.00 bits per heavy atom. The van der Waals surface area contributed by atoms with Crippen LogP contribution in [0.1, 0.15) is 54.6 Å². The van der Waals surface area contributed by atoms with Crippen molar-refractivity contribution in [2.45, 2.75) is 50.2 Å². The number of hydrogen-bond donors (Lipinski definition) is 0. The first-order chi connectivity index (χ1) is 18.3. The van der Waals surface area contributed by atoms with Crippen LogP contribution in [0.2, 0.25) is 0 Å². The van der Waals surface area contributed by atoms with Crippen molar-refractivity contribution in [1.82, 2.24) is 14.9 Å². The van der Waals surface area contributed by atoms with Crippen molar-refractivity contribution in [3.05, 3.63) is 59.4 Å². The molecule has 6 rings (SSSR count). The zero-order chi connectivity index (χ0) is 26.5. The molecule has 1 aromatic heterocycles. The van der Waals surface area contributed by atoms with Gasteiger partial charge in [0.05, 0.1) is 36.7 Å². The van der Waals surface area contributed by atoms with Gasteiger partial charge in [-0.25, -0.2) is 9.59 Å². The van der Waals surface area contributed by atoms with E-state index in [0.717, 1.165) is 29.7 Å². The predicted molar refractivity (Wildman–Crippen MR) is 136 cm³/mol. The fourth-order valence-corrected chi connectivity index (χ4v) is 5.90. The molecule has 1 aliphatic carbocycles. The van der Waals surface area contributed by atoms with E-state index in [1.165, 1.54) is 0 Å². The number of benzene rings is 1. The molecule has 1 spiro atoms. The van der Waals surface area contributed by atoms with E-state index in [-0.39, 0.29) is 18.0 Å². The molecule has 38 heavy (non-hydrogen) atoms. The van der Waals surface area contributed by atoms with E-state index in [1.807, 2.05) is 11.0 Å². The summed E-state index contributed by atoms with van der Waals surface area (Å²) >= 11 is 0. The molecule has 2 saturated heterocycles. The summed E-state index contributed by atoms with van der Waals surface area (Å²) in [6, 6.07) is 10.1. The standard InChI is InChI=1S/C28H32N4O6/c1-19(2)36-26(35)38-32-15-13-30(14-16-32)21-5-3-20(4-6-21)27(8-9-27)25(34)31-12-10-28(18-31)23-7-11-29-17-22(23)24(33)37-28/h3-7,11,17,19H,8-10,12-16,18H2,1-2H3. The highest BCUT2D eigenvalue weighted by Gasteiger charge is 2.57. The van der Waals surface area contributed by atoms with Crippen LogP contribution >= 0.6 is 0 Å². The van der Waals surface area contributed by atoms with Crippen molar-refractivity contribution in [2.24, 2.45) is 0 Å². The van der Waals surface area contributed by atoms with Gasteiger partial charge in [-0.1, -0.05) is 12.1 Å². The number of carbonyl (C=O) groups excluding carboxylic acids is 3. The number of carbonyl (C=O) groups is 3. The van der Waals surface area contributed by atoms with E-state index in [2.05, 4.69) is 34.1 Å². The van der Waals surface area contributed by atoms with Crippen molar-refractivity contribution in [2.75, 3.05) is 44.2 Å². The average molecular weight is 521 g/mol. The SMILES string of the molecule is CC(C)OC(=O)ON1CCN(c2ccc(C3(C(=O)N4CCC5(C4)OC(=O)c4cnccc45)CC3)cc2)CC1. The van der Waals surface area contributed by atoms with E-state index in [4.69, 9.17) is 14.3 Å². The molecule has 200 valence electrons. The second-order valence-corrected chi connectivity index (χ2v) is 10.8.